The number of ether oxygens (including phenoxy) is 1. The van der Waals surface area contributed by atoms with Crippen LogP contribution in [0, 0.1) is 17.0 Å². The standard InChI is InChI=1S/C24H28N4O6/c1-14-11-18(28(32)33)19(34-6)12-17(14)25-20(29)13-27-21(30)24(5,26-22(27)31)16-9-7-15(8-10-16)23(2,3)4/h7-12H,13H2,1-6H3,(H,25,29)(H,26,31)/t24-/m0/s1. The molecule has 4 amide bonds. The number of amides is 4. The first-order valence-electron chi connectivity index (χ1n) is 10.7. The van der Waals surface area contributed by atoms with Crippen LogP contribution in [0.5, 0.6) is 5.75 Å². The maximum atomic E-state index is 13.2. The Morgan fingerprint density at radius 3 is 2.35 bits per heavy atom. The minimum absolute atomic E-state index is 0.0211. The molecule has 3 rings (SSSR count). The van der Waals surface area contributed by atoms with E-state index in [4.69, 9.17) is 4.74 Å². The van der Waals surface area contributed by atoms with Gasteiger partial charge < -0.3 is 15.4 Å². The average molecular weight is 469 g/mol. The number of methoxy groups -OCH3 is 1. The smallest absolute Gasteiger partial charge is 0.325 e. The normalized spacial score (nSPS) is 18.0. The van der Waals surface area contributed by atoms with Crippen LogP contribution in [0.1, 0.15) is 44.4 Å². The Morgan fingerprint density at radius 2 is 1.82 bits per heavy atom. The second-order valence-electron chi connectivity index (χ2n) is 9.42. The van der Waals surface area contributed by atoms with Gasteiger partial charge in [-0.3, -0.25) is 24.6 Å². The molecular weight excluding hydrogens is 440 g/mol. The molecule has 2 aromatic carbocycles. The molecule has 1 aliphatic rings. The fraction of sp³-hybridized carbons (Fsp3) is 0.375. The highest BCUT2D eigenvalue weighted by molar-refractivity contribution is 6.10. The fourth-order valence-corrected chi connectivity index (χ4v) is 3.79. The third kappa shape index (κ3) is 4.57. The molecule has 0 radical (unpaired) electrons. The molecular formula is C24H28N4O6. The lowest BCUT2D eigenvalue weighted by atomic mass is 9.84. The van der Waals surface area contributed by atoms with Crippen LogP contribution in [-0.4, -0.2) is 41.3 Å². The number of carbonyl (C=O) groups excluding carboxylic acids is 3. The maximum Gasteiger partial charge on any atom is 0.325 e. The van der Waals surface area contributed by atoms with Crippen LogP contribution in [0.2, 0.25) is 0 Å². The van der Waals surface area contributed by atoms with Crippen LogP contribution in [0.4, 0.5) is 16.2 Å². The molecule has 2 N–H and O–H groups in total. The van der Waals surface area contributed by atoms with Gasteiger partial charge in [-0.1, -0.05) is 45.0 Å². The van der Waals surface area contributed by atoms with Crippen LogP contribution in [0.15, 0.2) is 36.4 Å². The molecule has 180 valence electrons. The monoisotopic (exact) mass is 468 g/mol. The van der Waals surface area contributed by atoms with Crippen molar-refractivity contribution in [3.05, 3.63) is 63.2 Å². The number of nitro benzene ring substituents is 1. The molecule has 1 aliphatic heterocycles. The van der Waals surface area contributed by atoms with E-state index in [-0.39, 0.29) is 22.5 Å². The molecule has 0 saturated carbocycles. The Labute approximate surface area is 197 Å². The Morgan fingerprint density at radius 1 is 1.21 bits per heavy atom. The molecule has 1 heterocycles. The van der Waals surface area contributed by atoms with Gasteiger partial charge >= 0.3 is 11.7 Å². The van der Waals surface area contributed by atoms with Crippen molar-refractivity contribution in [1.82, 2.24) is 10.2 Å². The molecule has 0 spiro atoms. The van der Waals surface area contributed by atoms with Crippen molar-refractivity contribution in [2.24, 2.45) is 0 Å². The second-order valence-corrected chi connectivity index (χ2v) is 9.42. The highest BCUT2D eigenvalue weighted by Gasteiger charge is 2.49. The molecule has 1 atom stereocenters. The molecule has 0 aliphatic carbocycles. The van der Waals surface area contributed by atoms with E-state index in [9.17, 15) is 24.5 Å². The van der Waals surface area contributed by atoms with E-state index in [1.165, 1.54) is 19.2 Å². The Hall–Kier alpha value is -3.95. The number of carbonyl (C=O) groups is 3. The minimum Gasteiger partial charge on any atom is -0.490 e. The highest BCUT2D eigenvalue weighted by atomic mass is 16.6. The molecule has 10 heteroatoms. The van der Waals surface area contributed by atoms with Crippen LogP contribution in [0.25, 0.3) is 0 Å². The molecule has 1 saturated heterocycles. The third-order valence-electron chi connectivity index (χ3n) is 5.90. The van der Waals surface area contributed by atoms with Gasteiger partial charge in [-0.25, -0.2) is 4.79 Å². The summed E-state index contributed by atoms with van der Waals surface area (Å²) in [5.41, 5.74) is 0.799. The topological polar surface area (TPSA) is 131 Å². The number of aryl methyl sites for hydroxylation is 1. The number of hydrogen-bond acceptors (Lipinski definition) is 6. The summed E-state index contributed by atoms with van der Waals surface area (Å²) in [5.74, 6) is -1.20. The molecule has 34 heavy (non-hydrogen) atoms. The van der Waals surface area contributed by atoms with E-state index < -0.39 is 34.9 Å². The number of nitro groups is 1. The highest BCUT2D eigenvalue weighted by Crippen LogP contribution is 2.33. The molecule has 0 bridgehead atoms. The van der Waals surface area contributed by atoms with Crippen molar-refractivity contribution in [1.29, 1.82) is 0 Å². The lowest BCUT2D eigenvalue weighted by Gasteiger charge is -2.24. The number of urea groups is 1. The number of nitrogens with one attached hydrogen (secondary N) is 2. The number of benzene rings is 2. The summed E-state index contributed by atoms with van der Waals surface area (Å²) in [5, 5.41) is 16.4. The van der Waals surface area contributed by atoms with Gasteiger partial charge in [-0.15, -0.1) is 0 Å². The Kier molecular flexibility index (Phi) is 6.37. The summed E-state index contributed by atoms with van der Waals surface area (Å²) in [6.07, 6.45) is 0. The van der Waals surface area contributed by atoms with Crippen molar-refractivity contribution < 1.29 is 24.0 Å². The summed E-state index contributed by atoms with van der Waals surface area (Å²) in [6.45, 7) is 8.91. The summed E-state index contributed by atoms with van der Waals surface area (Å²) in [7, 11) is 1.28. The summed E-state index contributed by atoms with van der Waals surface area (Å²) < 4.78 is 5.04. The van der Waals surface area contributed by atoms with Gasteiger partial charge in [0.25, 0.3) is 5.91 Å². The largest absolute Gasteiger partial charge is 0.490 e. The minimum atomic E-state index is -1.31. The fourth-order valence-electron chi connectivity index (χ4n) is 3.79. The van der Waals surface area contributed by atoms with E-state index in [1.807, 2.05) is 12.1 Å². The lowest BCUT2D eigenvalue weighted by molar-refractivity contribution is -0.385. The van der Waals surface area contributed by atoms with Gasteiger partial charge in [0, 0.05) is 17.8 Å². The Balaban J connectivity index is 1.78. The van der Waals surface area contributed by atoms with Gasteiger partial charge in [-0.05, 0) is 36.0 Å². The molecule has 1 fully saturated rings. The van der Waals surface area contributed by atoms with Gasteiger partial charge in [0.05, 0.1) is 12.0 Å². The van der Waals surface area contributed by atoms with Gasteiger partial charge in [0.2, 0.25) is 5.91 Å². The predicted molar refractivity (Wildman–Crippen MR) is 126 cm³/mol. The van der Waals surface area contributed by atoms with E-state index in [0.29, 0.717) is 11.1 Å². The van der Waals surface area contributed by atoms with Crippen LogP contribution >= 0.6 is 0 Å². The van der Waals surface area contributed by atoms with Crippen LogP contribution < -0.4 is 15.4 Å². The summed E-state index contributed by atoms with van der Waals surface area (Å²) >= 11 is 0. The van der Waals surface area contributed by atoms with Crippen LogP contribution in [0.3, 0.4) is 0 Å². The first-order valence-corrected chi connectivity index (χ1v) is 10.7. The zero-order chi connectivity index (χ0) is 25.4. The average Bonchev–Trinajstić information content (AvgIpc) is 2.98. The summed E-state index contributed by atoms with van der Waals surface area (Å²) in [4.78, 5) is 49.9. The van der Waals surface area contributed by atoms with E-state index >= 15 is 0 Å². The van der Waals surface area contributed by atoms with Crippen molar-refractivity contribution in [2.45, 2.75) is 45.6 Å². The molecule has 10 nitrogen and oxygen atoms in total. The van der Waals surface area contributed by atoms with Gasteiger partial charge in [0.15, 0.2) is 5.75 Å². The Bertz CT molecular complexity index is 1170. The van der Waals surface area contributed by atoms with Crippen molar-refractivity contribution in [3.8, 4) is 5.75 Å². The maximum absolute atomic E-state index is 13.2. The number of hydrogen-bond donors (Lipinski definition) is 2. The third-order valence-corrected chi connectivity index (χ3v) is 5.90. The molecule has 0 aromatic heterocycles. The molecule has 2 aromatic rings. The predicted octanol–water partition coefficient (Wildman–Crippen LogP) is 3.62. The van der Waals surface area contributed by atoms with E-state index in [1.54, 1.807) is 26.0 Å². The lowest BCUT2D eigenvalue weighted by Crippen LogP contribution is -2.42. The van der Waals surface area contributed by atoms with Crippen LogP contribution in [-0.2, 0) is 20.5 Å². The summed E-state index contributed by atoms with van der Waals surface area (Å²) in [6, 6.07) is 9.36. The quantitative estimate of drug-likeness (QED) is 0.378. The molecule has 0 unspecified atom stereocenters. The van der Waals surface area contributed by atoms with E-state index in [2.05, 4.69) is 31.4 Å². The second kappa shape index (κ2) is 8.77. The number of rotatable bonds is 6. The zero-order valence-electron chi connectivity index (χ0n) is 20.0. The van der Waals surface area contributed by atoms with Crippen molar-refractivity contribution in [3.63, 3.8) is 0 Å². The number of imide groups is 1. The number of nitrogens with zero attached hydrogens (tertiary/aromatic N) is 2. The van der Waals surface area contributed by atoms with Gasteiger partial charge in [-0.2, -0.15) is 0 Å². The van der Waals surface area contributed by atoms with Crippen molar-refractivity contribution in [2.75, 3.05) is 19.0 Å². The number of anilines is 1. The van der Waals surface area contributed by atoms with Crippen molar-refractivity contribution >= 4 is 29.2 Å². The first kappa shape index (κ1) is 24.7. The van der Waals surface area contributed by atoms with Gasteiger partial charge in [0.1, 0.15) is 12.1 Å². The first-order chi connectivity index (χ1) is 15.8. The van der Waals surface area contributed by atoms with E-state index in [0.717, 1.165) is 10.5 Å². The SMILES string of the molecule is COc1cc(NC(=O)CN2C(=O)N[C@@](C)(c3ccc(C(C)(C)C)cc3)C2=O)c(C)cc1[N+](=O)[O-]. The zero-order valence-corrected chi connectivity index (χ0v) is 20.0.